The number of hydrogen-bond acceptors (Lipinski definition) is 6. The smallest absolute Gasteiger partial charge is 0.475 e. The Balaban J connectivity index is 0.000000405. The Morgan fingerprint density at radius 1 is 1.08 bits per heavy atom. The average molecular weight is 524 g/mol. The Morgan fingerprint density at radius 3 is 2.27 bits per heavy atom. The van der Waals surface area contributed by atoms with Crippen LogP contribution in [0.1, 0.15) is 24.5 Å². The molecule has 14 heteroatoms. The number of aliphatic carboxylic acids is 1. The number of alkyl halides is 3. The molecule has 0 atom stereocenters. The van der Waals surface area contributed by atoms with Crippen LogP contribution >= 0.6 is 0 Å². The highest BCUT2D eigenvalue weighted by molar-refractivity contribution is 5.89. The van der Waals surface area contributed by atoms with Crippen molar-refractivity contribution in [3.8, 4) is 11.3 Å². The lowest BCUT2D eigenvalue weighted by Gasteiger charge is -2.37. The number of pyridine rings is 1. The van der Waals surface area contributed by atoms with Gasteiger partial charge in [-0.1, -0.05) is 0 Å². The molecule has 0 radical (unpaired) electrons. The first-order chi connectivity index (χ1) is 17.5. The van der Waals surface area contributed by atoms with Gasteiger partial charge in [-0.15, -0.1) is 0 Å². The van der Waals surface area contributed by atoms with Crippen molar-refractivity contribution in [1.29, 1.82) is 0 Å². The van der Waals surface area contributed by atoms with Crippen molar-refractivity contribution in [2.45, 2.75) is 24.9 Å². The van der Waals surface area contributed by atoms with Gasteiger partial charge in [0.2, 0.25) is 0 Å². The molecule has 3 aromatic rings. The fourth-order valence-corrected chi connectivity index (χ4v) is 4.42. The summed E-state index contributed by atoms with van der Waals surface area (Å²) in [5, 5.41) is 11.4. The van der Waals surface area contributed by atoms with E-state index in [4.69, 9.17) is 19.6 Å². The molecule has 1 N–H and O–H groups in total. The van der Waals surface area contributed by atoms with E-state index < -0.39 is 12.1 Å². The number of carbonyl (C=O) groups excluding carboxylic acids is 1. The number of amides is 2. The van der Waals surface area contributed by atoms with Crippen LogP contribution in [0.5, 0.6) is 0 Å². The summed E-state index contributed by atoms with van der Waals surface area (Å²) in [4.78, 5) is 35.2. The monoisotopic (exact) mass is 523 g/mol. The van der Waals surface area contributed by atoms with Gasteiger partial charge in [-0.2, -0.15) is 18.3 Å². The average Bonchev–Trinajstić information content (AvgIpc) is 3.49. The summed E-state index contributed by atoms with van der Waals surface area (Å²) in [7, 11) is 3.92. The number of imidazole rings is 1. The number of likely N-dealkylation sites (tertiary alicyclic amines) is 1. The van der Waals surface area contributed by atoms with Crippen LogP contribution in [-0.4, -0.2) is 96.8 Å². The predicted molar refractivity (Wildman–Crippen MR) is 126 cm³/mol. The highest BCUT2D eigenvalue weighted by atomic mass is 19.4. The molecule has 2 aliphatic heterocycles. The first-order valence-corrected chi connectivity index (χ1v) is 11.8. The van der Waals surface area contributed by atoms with Crippen LogP contribution in [-0.2, 0) is 23.6 Å². The van der Waals surface area contributed by atoms with E-state index in [0.29, 0.717) is 32.2 Å². The minimum atomic E-state index is -5.08. The third-order valence-corrected chi connectivity index (χ3v) is 6.42. The quantitative estimate of drug-likeness (QED) is 0.549. The van der Waals surface area contributed by atoms with Gasteiger partial charge in [-0.3, -0.25) is 4.68 Å². The number of piperidine rings is 1. The van der Waals surface area contributed by atoms with Gasteiger partial charge in [0.15, 0.2) is 0 Å². The van der Waals surface area contributed by atoms with Crippen LogP contribution in [0, 0.1) is 0 Å². The minimum Gasteiger partial charge on any atom is -0.475 e. The second kappa shape index (κ2) is 10.7. The fraction of sp³-hybridized carbons (Fsp3) is 0.522. The number of carboxylic acid groups (broad SMARTS) is 1. The number of carbonyl (C=O) groups is 2. The van der Waals surface area contributed by atoms with Crippen LogP contribution in [0.3, 0.4) is 0 Å². The van der Waals surface area contributed by atoms with E-state index >= 15 is 0 Å². The Hall–Kier alpha value is -3.68. The van der Waals surface area contributed by atoms with Gasteiger partial charge in [-0.25, -0.2) is 19.6 Å². The van der Waals surface area contributed by atoms with E-state index in [9.17, 15) is 18.0 Å². The number of carboxylic acids is 1. The second-order valence-corrected chi connectivity index (χ2v) is 8.97. The molecule has 2 amide bonds. The molecule has 3 aromatic heterocycles. The van der Waals surface area contributed by atoms with Crippen LogP contribution in [0.4, 0.5) is 18.0 Å². The summed E-state index contributed by atoms with van der Waals surface area (Å²) in [6.45, 7) is 4.15. The molecule has 2 aliphatic rings. The third-order valence-electron chi connectivity index (χ3n) is 6.42. The molecule has 0 aromatic carbocycles. The van der Waals surface area contributed by atoms with Gasteiger partial charge >= 0.3 is 18.2 Å². The predicted octanol–water partition coefficient (Wildman–Crippen LogP) is 2.63. The zero-order chi connectivity index (χ0) is 26.7. The number of halogens is 3. The minimum absolute atomic E-state index is 0.142. The maximum absolute atomic E-state index is 12.8. The molecule has 0 saturated carbocycles. The van der Waals surface area contributed by atoms with Crippen molar-refractivity contribution in [2.24, 2.45) is 14.1 Å². The number of ether oxygens (including phenoxy) is 1. The number of morpholine rings is 1. The number of fused-ring (bicyclic) bond motifs is 1. The Labute approximate surface area is 210 Å². The van der Waals surface area contributed by atoms with Crippen molar-refractivity contribution < 1.29 is 32.6 Å². The Kier molecular flexibility index (Phi) is 7.66. The van der Waals surface area contributed by atoms with Crippen molar-refractivity contribution in [2.75, 3.05) is 39.4 Å². The Bertz CT molecular complexity index is 1260. The van der Waals surface area contributed by atoms with Crippen molar-refractivity contribution in [3.63, 3.8) is 0 Å². The first kappa shape index (κ1) is 26.4. The van der Waals surface area contributed by atoms with E-state index in [1.165, 1.54) is 0 Å². The molecule has 5 heterocycles. The van der Waals surface area contributed by atoms with Gasteiger partial charge in [0.1, 0.15) is 11.2 Å². The topological polar surface area (TPSA) is 119 Å². The lowest BCUT2D eigenvalue weighted by atomic mass is 9.92. The highest BCUT2D eigenvalue weighted by Crippen LogP contribution is 2.33. The van der Waals surface area contributed by atoms with Gasteiger partial charge in [-0.05, 0) is 18.9 Å². The summed E-state index contributed by atoms with van der Waals surface area (Å²) < 4.78 is 40.9. The largest absolute Gasteiger partial charge is 0.490 e. The number of rotatable bonds is 2. The standard InChI is InChI=1S/C21H27N7O2.C2HF3O2/c1-25-14-22-20-18(25)11-17(24-19(20)16-12-23-26(2)13-16)15-3-5-27(6-4-15)21(29)28-7-9-30-10-8-28;3-2(4,5)1(6)7/h11-15H,3-10H2,1-2H3;(H,6,7). The maximum Gasteiger partial charge on any atom is 0.490 e. The molecule has 2 fully saturated rings. The number of hydrogen-bond donors (Lipinski definition) is 1. The molecule has 37 heavy (non-hydrogen) atoms. The fourth-order valence-electron chi connectivity index (χ4n) is 4.42. The van der Waals surface area contributed by atoms with Crippen molar-refractivity contribution in [3.05, 3.63) is 30.5 Å². The molecule has 2 saturated heterocycles. The lowest BCUT2D eigenvalue weighted by molar-refractivity contribution is -0.192. The zero-order valence-electron chi connectivity index (χ0n) is 20.5. The van der Waals surface area contributed by atoms with Gasteiger partial charge in [0.25, 0.3) is 0 Å². The van der Waals surface area contributed by atoms with E-state index in [1.807, 2.05) is 47.2 Å². The SMILES string of the molecule is Cn1cc(-c2nc(C3CCN(C(=O)N4CCOCC4)CC3)cc3c2ncn3C)cn1.O=C(O)C(F)(F)F. The van der Waals surface area contributed by atoms with Gasteiger partial charge in [0.05, 0.1) is 31.3 Å². The molecule has 0 aliphatic carbocycles. The number of aryl methyl sites for hydroxylation is 2. The maximum atomic E-state index is 12.8. The number of aromatic nitrogens is 5. The van der Waals surface area contributed by atoms with Crippen LogP contribution in [0.2, 0.25) is 0 Å². The van der Waals surface area contributed by atoms with E-state index in [1.54, 1.807) is 4.68 Å². The number of urea groups is 1. The summed E-state index contributed by atoms with van der Waals surface area (Å²) in [5.74, 6) is -2.43. The molecule has 0 unspecified atom stereocenters. The summed E-state index contributed by atoms with van der Waals surface area (Å²) in [5.41, 5.74) is 4.90. The van der Waals surface area contributed by atoms with E-state index in [2.05, 4.69) is 16.1 Å². The van der Waals surface area contributed by atoms with Gasteiger partial charge < -0.3 is 24.2 Å². The summed E-state index contributed by atoms with van der Waals surface area (Å²) in [6.07, 6.45) is 2.39. The second-order valence-electron chi connectivity index (χ2n) is 8.97. The molecule has 200 valence electrons. The van der Waals surface area contributed by atoms with E-state index in [0.717, 1.165) is 53.9 Å². The molecule has 5 rings (SSSR count). The van der Waals surface area contributed by atoms with Crippen molar-refractivity contribution >= 4 is 23.0 Å². The first-order valence-electron chi connectivity index (χ1n) is 11.8. The van der Waals surface area contributed by atoms with Crippen molar-refractivity contribution in [1.82, 2.24) is 34.1 Å². The van der Waals surface area contributed by atoms with Gasteiger partial charge in [0, 0.05) is 63.6 Å². The molecular formula is C23H28F3N7O4. The summed E-state index contributed by atoms with van der Waals surface area (Å²) in [6, 6.07) is 2.30. The molecule has 0 bridgehead atoms. The number of nitrogens with zero attached hydrogens (tertiary/aromatic N) is 7. The normalized spacial score (nSPS) is 17.0. The zero-order valence-corrected chi connectivity index (χ0v) is 20.5. The molecular weight excluding hydrogens is 495 g/mol. The van der Waals surface area contributed by atoms with Crippen LogP contribution < -0.4 is 0 Å². The highest BCUT2D eigenvalue weighted by Gasteiger charge is 2.38. The third kappa shape index (κ3) is 6.01. The lowest BCUT2D eigenvalue weighted by Crippen LogP contribution is -2.50. The van der Waals surface area contributed by atoms with Crippen LogP contribution in [0.15, 0.2) is 24.8 Å². The Morgan fingerprint density at radius 2 is 1.70 bits per heavy atom. The molecule has 11 nitrogen and oxygen atoms in total. The summed E-state index contributed by atoms with van der Waals surface area (Å²) >= 11 is 0. The molecule has 0 spiro atoms. The van der Waals surface area contributed by atoms with Crippen LogP contribution in [0.25, 0.3) is 22.3 Å². The van der Waals surface area contributed by atoms with E-state index in [-0.39, 0.29) is 6.03 Å².